The van der Waals surface area contributed by atoms with E-state index in [-0.39, 0.29) is 0 Å². The van der Waals surface area contributed by atoms with Gasteiger partial charge in [-0.1, -0.05) is 12.8 Å². The number of primary amides is 1. The number of carbonyl (C=O) groups excluding carboxylic acids is 1. The highest BCUT2D eigenvalue weighted by atomic mass is 32.2. The minimum absolute atomic E-state index is 0.310. The number of aromatic nitrogens is 1. The van der Waals surface area contributed by atoms with Crippen molar-refractivity contribution in [1.29, 1.82) is 0 Å². The van der Waals surface area contributed by atoms with Gasteiger partial charge >= 0.3 is 0 Å². The molecule has 0 unspecified atom stereocenters. The van der Waals surface area contributed by atoms with Gasteiger partial charge in [0.25, 0.3) is 5.91 Å². The van der Waals surface area contributed by atoms with E-state index >= 15 is 0 Å². The molecule has 0 atom stereocenters. The number of anilines is 1. The van der Waals surface area contributed by atoms with E-state index in [0.29, 0.717) is 10.4 Å². The fraction of sp³-hybridized carbons (Fsp3) is 0.538. The predicted octanol–water partition coefficient (Wildman–Crippen LogP) is 2.27. The summed E-state index contributed by atoms with van der Waals surface area (Å²) in [5.74, 6) is -0.487. The summed E-state index contributed by atoms with van der Waals surface area (Å²) < 4.78 is 0.343. The Morgan fingerprint density at radius 3 is 2.89 bits per heavy atom. The molecule has 3 N–H and O–H groups in total. The van der Waals surface area contributed by atoms with E-state index < -0.39 is 5.91 Å². The highest BCUT2D eigenvalue weighted by molar-refractivity contribution is 8.00. The number of nitrogens with two attached hydrogens (primary N) is 1. The molecule has 1 fully saturated rings. The van der Waals surface area contributed by atoms with Crippen molar-refractivity contribution in [2.75, 3.05) is 18.1 Å². The molecule has 1 amide bonds. The van der Waals surface area contributed by atoms with E-state index in [0.717, 1.165) is 12.2 Å². The third-order valence-electron chi connectivity index (χ3n) is 3.57. The van der Waals surface area contributed by atoms with Crippen LogP contribution in [0.3, 0.4) is 0 Å². The Morgan fingerprint density at radius 1 is 1.56 bits per heavy atom. The maximum absolute atomic E-state index is 11.1. The van der Waals surface area contributed by atoms with E-state index in [1.54, 1.807) is 12.3 Å². The zero-order chi connectivity index (χ0) is 13.0. The first-order valence-corrected chi connectivity index (χ1v) is 7.43. The molecule has 4 nitrogen and oxygen atoms in total. The number of pyridine rings is 1. The van der Waals surface area contributed by atoms with Crippen LogP contribution in [0, 0.1) is 0 Å². The van der Waals surface area contributed by atoms with Crippen molar-refractivity contribution in [3.63, 3.8) is 0 Å². The molecular weight excluding hydrogens is 246 g/mol. The van der Waals surface area contributed by atoms with Gasteiger partial charge in [-0.15, -0.1) is 0 Å². The van der Waals surface area contributed by atoms with Crippen LogP contribution in [0.2, 0.25) is 0 Å². The van der Waals surface area contributed by atoms with Crippen LogP contribution < -0.4 is 11.1 Å². The molecule has 0 radical (unpaired) electrons. The third kappa shape index (κ3) is 2.96. The first-order valence-electron chi connectivity index (χ1n) is 6.20. The molecule has 18 heavy (non-hydrogen) atoms. The van der Waals surface area contributed by atoms with Crippen molar-refractivity contribution in [2.45, 2.75) is 30.4 Å². The van der Waals surface area contributed by atoms with E-state index in [4.69, 9.17) is 5.73 Å². The van der Waals surface area contributed by atoms with Crippen LogP contribution in [0.15, 0.2) is 18.3 Å². The molecule has 2 rings (SSSR count). The molecule has 0 aliphatic heterocycles. The number of nitrogens with one attached hydrogen (secondary N) is 1. The Bertz CT molecular complexity index is 430. The third-order valence-corrected chi connectivity index (χ3v) is 4.99. The van der Waals surface area contributed by atoms with Crippen molar-refractivity contribution in [2.24, 2.45) is 5.73 Å². The number of hydrogen-bond acceptors (Lipinski definition) is 4. The lowest BCUT2D eigenvalue weighted by Crippen LogP contribution is -2.30. The van der Waals surface area contributed by atoms with Gasteiger partial charge in [0.05, 0.1) is 0 Å². The molecule has 0 saturated heterocycles. The van der Waals surface area contributed by atoms with Crippen LogP contribution >= 0.6 is 11.8 Å². The minimum atomic E-state index is -0.487. The van der Waals surface area contributed by atoms with Gasteiger partial charge in [-0.3, -0.25) is 9.78 Å². The molecule has 1 heterocycles. The zero-order valence-corrected chi connectivity index (χ0v) is 11.4. The van der Waals surface area contributed by atoms with Crippen LogP contribution in [-0.4, -0.2) is 28.4 Å². The van der Waals surface area contributed by atoms with Gasteiger partial charge in [-0.05, 0) is 31.2 Å². The lowest BCUT2D eigenvalue weighted by Gasteiger charge is -2.27. The second-order valence-corrected chi connectivity index (χ2v) is 6.02. The van der Waals surface area contributed by atoms with Gasteiger partial charge in [0, 0.05) is 23.2 Å². The standard InChI is InChI=1S/C13H19N3OS/c1-18-13(5-2-3-6-13)9-16-10-4-7-15-11(8-10)12(14)17/h4,7-8H,2-3,5-6,9H2,1H3,(H2,14,17)(H,15,16). The summed E-state index contributed by atoms with van der Waals surface area (Å²) in [4.78, 5) is 15.0. The minimum Gasteiger partial charge on any atom is -0.384 e. The number of thioether (sulfide) groups is 1. The Balaban J connectivity index is 2.01. The molecule has 98 valence electrons. The number of rotatable bonds is 5. The first-order chi connectivity index (χ1) is 8.65. The predicted molar refractivity (Wildman–Crippen MR) is 76.0 cm³/mol. The highest BCUT2D eigenvalue weighted by Gasteiger charge is 2.32. The highest BCUT2D eigenvalue weighted by Crippen LogP contribution is 2.40. The Hall–Kier alpha value is -1.23. The van der Waals surface area contributed by atoms with Crippen LogP contribution in [0.1, 0.15) is 36.2 Å². The van der Waals surface area contributed by atoms with Crippen LogP contribution in [0.25, 0.3) is 0 Å². The van der Waals surface area contributed by atoms with Crippen molar-refractivity contribution in [3.05, 3.63) is 24.0 Å². The molecule has 0 aromatic carbocycles. The number of carbonyl (C=O) groups is 1. The van der Waals surface area contributed by atoms with E-state index in [9.17, 15) is 4.79 Å². The first kappa shape index (κ1) is 13.2. The molecule has 0 spiro atoms. The van der Waals surface area contributed by atoms with Gasteiger partial charge in [-0.2, -0.15) is 11.8 Å². The lowest BCUT2D eigenvalue weighted by molar-refractivity contribution is 0.0995. The number of nitrogens with zero attached hydrogens (tertiary/aromatic N) is 1. The monoisotopic (exact) mass is 265 g/mol. The lowest BCUT2D eigenvalue weighted by atomic mass is 10.1. The van der Waals surface area contributed by atoms with Gasteiger partial charge in [0.2, 0.25) is 0 Å². The van der Waals surface area contributed by atoms with Crippen LogP contribution in [0.5, 0.6) is 0 Å². The summed E-state index contributed by atoms with van der Waals surface area (Å²) >= 11 is 1.94. The summed E-state index contributed by atoms with van der Waals surface area (Å²) in [6, 6.07) is 3.58. The van der Waals surface area contributed by atoms with E-state index in [1.807, 2.05) is 17.8 Å². The quantitative estimate of drug-likeness (QED) is 0.857. The normalized spacial score (nSPS) is 17.6. The smallest absolute Gasteiger partial charge is 0.267 e. The maximum atomic E-state index is 11.1. The Kier molecular flexibility index (Phi) is 4.11. The van der Waals surface area contributed by atoms with E-state index in [1.165, 1.54) is 25.7 Å². The molecular formula is C13H19N3OS. The summed E-state index contributed by atoms with van der Waals surface area (Å²) in [6.07, 6.45) is 8.93. The van der Waals surface area contributed by atoms with Crippen molar-refractivity contribution in [3.8, 4) is 0 Å². The van der Waals surface area contributed by atoms with Gasteiger partial charge in [-0.25, -0.2) is 0 Å². The molecule has 0 bridgehead atoms. The molecule has 1 aliphatic carbocycles. The summed E-state index contributed by atoms with van der Waals surface area (Å²) in [7, 11) is 0. The molecule has 1 aromatic heterocycles. The van der Waals surface area contributed by atoms with Crippen LogP contribution in [-0.2, 0) is 0 Å². The SMILES string of the molecule is CSC1(CNc2ccnc(C(N)=O)c2)CCCC1. The van der Waals surface area contributed by atoms with Crippen molar-refractivity contribution < 1.29 is 4.79 Å². The molecule has 1 aliphatic rings. The summed E-state index contributed by atoms with van der Waals surface area (Å²) in [5, 5.41) is 3.40. The molecule has 1 saturated carbocycles. The number of amides is 1. The summed E-state index contributed by atoms with van der Waals surface area (Å²) in [5.41, 5.74) is 6.45. The molecule has 5 heteroatoms. The van der Waals surface area contributed by atoms with Crippen molar-refractivity contribution >= 4 is 23.4 Å². The fourth-order valence-electron chi connectivity index (χ4n) is 2.41. The Labute approximate surface area is 112 Å². The maximum Gasteiger partial charge on any atom is 0.267 e. The average molecular weight is 265 g/mol. The van der Waals surface area contributed by atoms with Crippen molar-refractivity contribution in [1.82, 2.24) is 4.98 Å². The second-order valence-electron chi connectivity index (χ2n) is 4.74. The molecule has 1 aromatic rings. The zero-order valence-electron chi connectivity index (χ0n) is 10.6. The largest absolute Gasteiger partial charge is 0.384 e. The Morgan fingerprint density at radius 2 is 2.28 bits per heavy atom. The van der Waals surface area contributed by atoms with Gasteiger partial charge < -0.3 is 11.1 Å². The van der Waals surface area contributed by atoms with Gasteiger partial charge in [0.1, 0.15) is 5.69 Å². The topological polar surface area (TPSA) is 68.0 Å². The van der Waals surface area contributed by atoms with E-state index in [2.05, 4.69) is 16.6 Å². The number of hydrogen-bond donors (Lipinski definition) is 2. The van der Waals surface area contributed by atoms with Crippen LogP contribution in [0.4, 0.5) is 5.69 Å². The fourth-order valence-corrected chi connectivity index (χ4v) is 3.32. The summed E-state index contributed by atoms with van der Waals surface area (Å²) in [6.45, 7) is 0.927. The van der Waals surface area contributed by atoms with Gasteiger partial charge in [0.15, 0.2) is 0 Å². The average Bonchev–Trinajstić information content (AvgIpc) is 2.86. The second kappa shape index (κ2) is 5.61.